The lowest BCUT2D eigenvalue weighted by Crippen LogP contribution is -2.38. The lowest BCUT2D eigenvalue weighted by Gasteiger charge is -2.19. The molecule has 0 atom stereocenters. The average Bonchev–Trinajstić information content (AvgIpc) is 3.07. The highest BCUT2D eigenvalue weighted by Gasteiger charge is 2.26. The van der Waals surface area contributed by atoms with Crippen molar-refractivity contribution in [3.8, 4) is 0 Å². The molecular weight excluding hydrogens is 254 g/mol. The molecule has 1 aromatic rings. The second-order valence-electron chi connectivity index (χ2n) is 4.98. The van der Waals surface area contributed by atoms with Crippen molar-refractivity contribution < 1.29 is 9.53 Å². The summed E-state index contributed by atoms with van der Waals surface area (Å²) in [6.45, 7) is 3.39. The highest BCUT2D eigenvalue weighted by Crippen LogP contribution is 2.29. The second kappa shape index (κ2) is 5.53. The van der Waals surface area contributed by atoms with Crippen LogP contribution in [-0.4, -0.2) is 36.6 Å². The van der Waals surface area contributed by atoms with E-state index in [0.29, 0.717) is 25.7 Å². The van der Waals surface area contributed by atoms with E-state index >= 15 is 0 Å². The SMILES string of the molecule is CCOC(=O)N1CCN=C1Nc1cccc2c1CCC2. The van der Waals surface area contributed by atoms with E-state index in [9.17, 15) is 4.79 Å². The van der Waals surface area contributed by atoms with E-state index in [-0.39, 0.29) is 6.09 Å². The summed E-state index contributed by atoms with van der Waals surface area (Å²) in [5.74, 6) is 0.601. The van der Waals surface area contributed by atoms with Crippen LogP contribution in [0.3, 0.4) is 0 Å². The summed E-state index contributed by atoms with van der Waals surface area (Å²) >= 11 is 0. The Kier molecular flexibility index (Phi) is 3.58. The van der Waals surface area contributed by atoms with Gasteiger partial charge >= 0.3 is 6.09 Å². The summed E-state index contributed by atoms with van der Waals surface area (Å²) in [5, 5.41) is 3.31. The number of aliphatic imine (C=N–C) groups is 1. The zero-order valence-electron chi connectivity index (χ0n) is 11.7. The molecule has 0 bridgehead atoms. The van der Waals surface area contributed by atoms with Crippen LogP contribution in [0.25, 0.3) is 0 Å². The summed E-state index contributed by atoms with van der Waals surface area (Å²) in [6.07, 6.45) is 3.09. The van der Waals surface area contributed by atoms with Crippen LogP contribution in [0.15, 0.2) is 23.2 Å². The number of ether oxygens (including phenoxy) is 1. The Morgan fingerprint density at radius 3 is 3.20 bits per heavy atom. The number of rotatable bonds is 2. The smallest absolute Gasteiger partial charge is 0.416 e. The van der Waals surface area contributed by atoms with Gasteiger partial charge in [0.25, 0.3) is 0 Å². The minimum absolute atomic E-state index is 0.330. The van der Waals surface area contributed by atoms with Gasteiger partial charge in [-0.3, -0.25) is 4.99 Å². The Balaban J connectivity index is 1.78. The molecule has 0 saturated heterocycles. The van der Waals surface area contributed by atoms with Gasteiger partial charge in [0.1, 0.15) is 0 Å². The first-order valence-corrected chi connectivity index (χ1v) is 7.16. The molecule has 1 amide bonds. The van der Waals surface area contributed by atoms with Gasteiger partial charge in [0.15, 0.2) is 0 Å². The largest absolute Gasteiger partial charge is 0.449 e. The van der Waals surface area contributed by atoms with Crippen LogP contribution in [0.5, 0.6) is 0 Å². The number of carbonyl (C=O) groups is 1. The molecule has 1 aliphatic heterocycles. The van der Waals surface area contributed by atoms with Crippen LogP contribution >= 0.6 is 0 Å². The van der Waals surface area contributed by atoms with E-state index in [4.69, 9.17) is 4.74 Å². The molecule has 0 saturated carbocycles. The number of anilines is 1. The highest BCUT2D eigenvalue weighted by molar-refractivity contribution is 6.03. The Bertz CT molecular complexity index is 554. The van der Waals surface area contributed by atoms with Crippen molar-refractivity contribution in [2.24, 2.45) is 4.99 Å². The molecule has 3 rings (SSSR count). The third-order valence-electron chi connectivity index (χ3n) is 3.72. The van der Waals surface area contributed by atoms with Crippen LogP contribution in [0.4, 0.5) is 10.5 Å². The molecular formula is C15H19N3O2. The van der Waals surface area contributed by atoms with Crippen LogP contribution in [0.1, 0.15) is 24.5 Å². The van der Waals surface area contributed by atoms with Gasteiger partial charge in [-0.1, -0.05) is 12.1 Å². The minimum Gasteiger partial charge on any atom is -0.449 e. The molecule has 5 nitrogen and oxygen atoms in total. The second-order valence-corrected chi connectivity index (χ2v) is 4.98. The van der Waals surface area contributed by atoms with Crippen molar-refractivity contribution in [3.63, 3.8) is 0 Å². The summed E-state index contributed by atoms with van der Waals surface area (Å²) < 4.78 is 5.05. The standard InChI is InChI=1S/C15H19N3O2/c1-2-20-15(19)18-10-9-16-14(18)17-13-8-4-6-11-5-3-7-12(11)13/h4,6,8H,2-3,5,7,9-10H2,1H3,(H,16,17). The van der Waals surface area contributed by atoms with Gasteiger partial charge in [0, 0.05) is 5.69 Å². The molecule has 1 aromatic carbocycles. The van der Waals surface area contributed by atoms with Gasteiger partial charge in [-0.15, -0.1) is 0 Å². The molecule has 5 heteroatoms. The van der Waals surface area contributed by atoms with Crippen molar-refractivity contribution >= 4 is 17.7 Å². The van der Waals surface area contributed by atoms with Gasteiger partial charge in [0.05, 0.1) is 19.7 Å². The van der Waals surface area contributed by atoms with Gasteiger partial charge in [-0.2, -0.15) is 0 Å². The van der Waals surface area contributed by atoms with Crippen molar-refractivity contribution in [1.29, 1.82) is 0 Å². The van der Waals surface area contributed by atoms with Gasteiger partial charge in [-0.25, -0.2) is 9.69 Å². The molecule has 1 N–H and O–H groups in total. The number of guanidine groups is 1. The normalized spacial score (nSPS) is 16.9. The maximum absolute atomic E-state index is 11.9. The third-order valence-corrected chi connectivity index (χ3v) is 3.72. The Labute approximate surface area is 118 Å². The topological polar surface area (TPSA) is 53.9 Å². The van der Waals surface area contributed by atoms with E-state index in [1.54, 1.807) is 4.90 Å². The molecule has 1 aliphatic carbocycles. The van der Waals surface area contributed by atoms with Crippen LogP contribution in [0, 0.1) is 0 Å². The Morgan fingerprint density at radius 2 is 2.35 bits per heavy atom. The van der Waals surface area contributed by atoms with E-state index in [2.05, 4.69) is 22.4 Å². The van der Waals surface area contributed by atoms with E-state index in [1.807, 2.05) is 13.0 Å². The maximum Gasteiger partial charge on any atom is 0.416 e. The first-order chi connectivity index (χ1) is 9.79. The summed E-state index contributed by atoms with van der Waals surface area (Å²) in [5.41, 5.74) is 3.82. The summed E-state index contributed by atoms with van der Waals surface area (Å²) in [6, 6.07) is 6.28. The molecule has 2 aliphatic rings. The van der Waals surface area contributed by atoms with Crippen molar-refractivity contribution in [3.05, 3.63) is 29.3 Å². The number of aryl methyl sites for hydroxylation is 1. The third kappa shape index (κ3) is 2.35. The van der Waals surface area contributed by atoms with Gasteiger partial charge in [-0.05, 0) is 43.4 Å². The molecule has 0 unspecified atom stereocenters. The number of hydrogen-bond donors (Lipinski definition) is 1. The monoisotopic (exact) mass is 273 g/mol. The number of fused-ring (bicyclic) bond motifs is 1. The average molecular weight is 273 g/mol. The fourth-order valence-corrected chi connectivity index (χ4v) is 2.79. The van der Waals surface area contributed by atoms with Gasteiger partial charge in [0.2, 0.25) is 5.96 Å². The zero-order chi connectivity index (χ0) is 13.9. The maximum atomic E-state index is 11.9. The van der Waals surface area contributed by atoms with Crippen molar-refractivity contribution in [2.45, 2.75) is 26.2 Å². The first-order valence-electron chi connectivity index (χ1n) is 7.16. The lowest BCUT2D eigenvalue weighted by atomic mass is 10.1. The van der Waals surface area contributed by atoms with E-state index < -0.39 is 0 Å². The first kappa shape index (κ1) is 13.0. The van der Waals surface area contributed by atoms with Gasteiger partial charge < -0.3 is 10.1 Å². The fraction of sp³-hybridized carbons (Fsp3) is 0.467. The molecule has 0 radical (unpaired) electrons. The number of hydrogen-bond acceptors (Lipinski definition) is 4. The number of nitrogens with zero attached hydrogens (tertiary/aromatic N) is 2. The number of amides is 1. The van der Waals surface area contributed by atoms with Crippen LogP contribution < -0.4 is 5.32 Å². The highest BCUT2D eigenvalue weighted by atomic mass is 16.6. The molecule has 0 fully saturated rings. The summed E-state index contributed by atoms with van der Waals surface area (Å²) in [7, 11) is 0. The van der Waals surface area contributed by atoms with E-state index in [0.717, 1.165) is 18.5 Å². The molecule has 20 heavy (non-hydrogen) atoms. The number of nitrogens with one attached hydrogen (secondary N) is 1. The number of benzene rings is 1. The summed E-state index contributed by atoms with van der Waals surface area (Å²) in [4.78, 5) is 17.8. The number of carbonyl (C=O) groups excluding carboxylic acids is 1. The van der Waals surface area contributed by atoms with Crippen molar-refractivity contribution in [2.75, 3.05) is 25.0 Å². The predicted octanol–water partition coefficient (Wildman–Crippen LogP) is 2.42. The van der Waals surface area contributed by atoms with Crippen LogP contribution in [-0.2, 0) is 17.6 Å². The fourth-order valence-electron chi connectivity index (χ4n) is 2.79. The predicted molar refractivity (Wildman–Crippen MR) is 78.1 cm³/mol. The van der Waals surface area contributed by atoms with E-state index in [1.165, 1.54) is 17.5 Å². The molecule has 1 heterocycles. The van der Waals surface area contributed by atoms with Crippen LogP contribution in [0.2, 0.25) is 0 Å². The minimum atomic E-state index is -0.330. The quantitative estimate of drug-likeness (QED) is 0.900. The molecule has 0 aromatic heterocycles. The zero-order valence-corrected chi connectivity index (χ0v) is 11.7. The lowest BCUT2D eigenvalue weighted by molar-refractivity contribution is 0.130. The molecule has 0 spiro atoms. The van der Waals surface area contributed by atoms with Crippen molar-refractivity contribution in [1.82, 2.24) is 4.90 Å². The Morgan fingerprint density at radius 1 is 1.45 bits per heavy atom. The molecule has 106 valence electrons. The Hall–Kier alpha value is -2.04.